The molecule has 0 unspecified atom stereocenters. The number of aliphatic hydroxyl groups is 1. The van der Waals surface area contributed by atoms with Crippen LogP contribution in [0.5, 0.6) is 11.5 Å². The van der Waals surface area contributed by atoms with Gasteiger partial charge in [0, 0.05) is 5.56 Å². The number of aliphatic hydroxyl groups excluding tert-OH is 1. The van der Waals surface area contributed by atoms with Gasteiger partial charge >= 0.3 is 0 Å². The van der Waals surface area contributed by atoms with Gasteiger partial charge in [-0.25, -0.2) is 0 Å². The number of hydrogen-bond donors (Lipinski definition) is 1. The molecule has 1 N–H and O–H groups in total. The molecular formula is C21H20O3. The van der Waals surface area contributed by atoms with Crippen LogP contribution in [-0.2, 0) is 19.8 Å². The fraction of sp³-hybridized carbons (Fsp3) is 0.143. The first-order valence-corrected chi connectivity index (χ1v) is 7.93. The maximum atomic E-state index is 9.59. The van der Waals surface area contributed by atoms with Crippen molar-refractivity contribution in [3.63, 3.8) is 0 Å². The van der Waals surface area contributed by atoms with Gasteiger partial charge in [-0.3, -0.25) is 0 Å². The van der Waals surface area contributed by atoms with E-state index in [9.17, 15) is 5.11 Å². The highest BCUT2D eigenvalue weighted by atomic mass is 16.5. The van der Waals surface area contributed by atoms with Crippen molar-refractivity contribution >= 4 is 0 Å². The van der Waals surface area contributed by atoms with Gasteiger partial charge in [0.2, 0.25) is 0 Å². The maximum Gasteiger partial charge on any atom is 0.167 e. The van der Waals surface area contributed by atoms with E-state index in [2.05, 4.69) is 0 Å². The SMILES string of the molecule is OCc1cccc(OCc2ccccc2)c1OCc1ccccc1. The second-order valence-electron chi connectivity index (χ2n) is 5.45. The van der Waals surface area contributed by atoms with Crippen LogP contribution in [0.3, 0.4) is 0 Å². The van der Waals surface area contributed by atoms with E-state index in [1.54, 1.807) is 0 Å². The Morgan fingerprint density at radius 1 is 0.625 bits per heavy atom. The summed E-state index contributed by atoms with van der Waals surface area (Å²) < 4.78 is 11.9. The molecule has 0 atom stereocenters. The van der Waals surface area contributed by atoms with E-state index in [1.165, 1.54) is 0 Å². The molecular weight excluding hydrogens is 300 g/mol. The Morgan fingerprint density at radius 3 is 1.79 bits per heavy atom. The van der Waals surface area contributed by atoms with Crippen molar-refractivity contribution in [1.29, 1.82) is 0 Å². The monoisotopic (exact) mass is 320 g/mol. The van der Waals surface area contributed by atoms with Gasteiger partial charge < -0.3 is 14.6 Å². The molecule has 0 radical (unpaired) electrons. The second-order valence-corrected chi connectivity index (χ2v) is 5.45. The Hall–Kier alpha value is -2.78. The summed E-state index contributed by atoms with van der Waals surface area (Å²) in [5.74, 6) is 1.24. The van der Waals surface area contributed by atoms with Gasteiger partial charge in [0.25, 0.3) is 0 Å². The van der Waals surface area contributed by atoms with Gasteiger partial charge in [0.05, 0.1) is 6.61 Å². The molecule has 3 nitrogen and oxygen atoms in total. The van der Waals surface area contributed by atoms with Gasteiger partial charge in [0.15, 0.2) is 11.5 Å². The smallest absolute Gasteiger partial charge is 0.167 e. The van der Waals surface area contributed by atoms with Crippen molar-refractivity contribution in [3.8, 4) is 11.5 Å². The quantitative estimate of drug-likeness (QED) is 0.704. The minimum Gasteiger partial charge on any atom is -0.485 e. The highest BCUT2D eigenvalue weighted by Crippen LogP contribution is 2.32. The first-order valence-electron chi connectivity index (χ1n) is 7.93. The lowest BCUT2D eigenvalue weighted by Gasteiger charge is -2.16. The molecule has 0 aliphatic carbocycles. The third-order valence-corrected chi connectivity index (χ3v) is 3.69. The molecule has 0 fully saturated rings. The van der Waals surface area contributed by atoms with Crippen LogP contribution in [0.15, 0.2) is 78.9 Å². The maximum absolute atomic E-state index is 9.59. The van der Waals surface area contributed by atoms with Crippen molar-refractivity contribution in [1.82, 2.24) is 0 Å². The normalized spacial score (nSPS) is 10.4. The Labute approximate surface area is 142 Å². The van der Waals surface area contributed by atoms with Crippen LogP contribution in [0.2, 0.25) is 0 Å². The second kappa shape index (κ2) is 8.18. The summed E-state index contributed by atoms with van der Waals surface area (Å²) in [6.07, 6.45) is 0. The molecule has 24 heavy (non-hydrogen) atoms. The third-order valence-electron chi connectivity index (χ3n) is 3.69. The van der Waals surface area contributed by atoms with Crippen LogP contribution in [-0.4, -0.2) is 5.11 Å². The van der Waals surface area contributed by atoms with E-state index in [-0.39, 0.29) is 6.61 Å². The van der Waals surface area contributed by atoms with E-state index in [1.807, 2.05) is 78.9 Å². The molecule has 3 aromatic carbocycles. The van der Waals surface area contributed by atoms with Crippen molar-refractivity contribution < 1.29 is 14.6 Å². The third kappa shape index (κ3) is 4.15. The van der Waals surface area contributed by atoms with Gasteiger partial charge in [-0.15, -0.1) is 0 Å². The molecule has 0 aromatic heterocycles. The van der Waals surface area contributed by atoms with E-state index in [0.29, 0.717) is 24.7 Å². The Kier molecular flexibility index (Phi) is 5.48. The van der Waals surface area contributed by atoms with Crippen LogP contribution in [0.4, 0.5) is 0 Å². The van der Waals surface area contributed by atoms with Gasteiger partial charge in [-0.05, 0) is 17.2 Å². The van der Waals surface area contributed by atoms with Crippen LogP contribution < -0.4 is 9.47 Å². The van der Waals surface area contributed by atoms with Crippen molar-refractivity contribution in [3.05, 3.63) is 95.6 Å². The molecule has 0 amide bonds. The zero-order valence-electron chi connectivity index (χ0n) is 13.4. The summed E-state index contributed by atoms with van der Waals surface area (Å²) in [6.45, 7) is 0.795. The van der Waals surface area contributed by atoms with Crippen LogP contribution in [0.1, 0.15) is 16.7 Å². The fourth-order valence-corrected chi connectivity index (χ4v) is 2.43. The highest BCUT2D eigenvalue weighted by Gasteiger charge is 2.11. The zero-order valence-corrected chi connectivity index (χ0v) is 13.4. The van der Waals surface area contributed by atoms with Crippen molar-refractivity contribution in [2.75, 3.05) is 0 Å². The van der Waals surface area contributed by atoms with E-state index in [4.69, 9.17) is 9.47 Å². The molecule has 3 heteroatoms. The molecule has 122 valence electrons. The average Bonchev–Trinajstić information content (AvgIpc) is 2.66. The van der Waals surface area contributed by atoms with Crippen LogP contribution in [0, 0.1) is 0 Å². The standard InChI is InChI=1S/C21H20O3/c22-14-19-12-7-13-20(23-15-17-8-3-1-4-9-17)21(19)24-16-18-10-5-2-6-11-18/h1-13,22H,14-16H2. The minimum absolute atomic E-state index is 0.0906. The number of ether oxygens (including phenoxy) is 2. The predicted octanol–water partition coefficient (Wildman–Crippen LogP) is 4.34. The predicted molar refractivity (Wildman–Crippen MR) is 93.9 cm³/mol. The molecule has 0 saturated heterocycles. The molecule has 3 aromatic rings. The molecule has 0 aliphatic heterocycles. The first-order chi connectivity index (χ1) is 11.9. The van der Waals surface area contributed by atoms with Crippen LogP contribution >= 0.6 is 0 Å². The van der Waals surface area contributed by atoms with Crippen molar-refractivity contribution in [2.24, 2.45) is 0 Å². The molecule has 0 heterocycles. The van der Waals surface area contributed by atoms with E-state index < -0.39 is 0 Å². The summed E-state index contributed by atoms with van der Waals surface area (Å²) in [4.78, 5) is 0. The lowest BCUT2D eigenvalue weighted by atomic mass is 10.2. The van der Waals surface area contributed by atoms with Gasteiger partial charge in [-0.1, -0.05) is 72.8 Å². The van der Waals surface area contributed by atoms with Gasteiger partial charge in [0.1, 0.15) is 13.2 Å². The number of benzene rings is 3. The molecule has 3 rings (SSSR count). The number of para-hydroxylation sites is 1. The first kappa shape index (κ1) is 16.1. The van der Waals surface area contributed by atoms with Crippen molar-refractivity contribution in [2.45, 2.75) is 19.8 Å². The average molecular weight is 320 g/mol. The summed E-state index contributed by atoms with van der Waals surface area (Å²) in [7, 11) is 0. The molecule has 0 aliphatic rings. The Balaban J connectivity index is 1.75. The number of rotatable bonds is 7. The topological polar surface area (TPSA) is 38.7 Å². The van der Waals surface area contributed by atoms with E-state index >= 15 is 0 Å². The van der Waals surface area contributed by atoms with Gasteiger partial charge in [-0.2, -0.15) is 0 Å². The fourth-order valence-electron chi connectivity index (χ4n) is 2.43. The largest absolute Gasteiger partial charge is 0.485 e. The minimum atomic E-state index is -0.0906. The lowest BCUT2D eigenvalue weighted by Crippen LogP contribution is -2.03. The summed E-state index contributed by atoms with van der Waals surface area (Å²) in [5.41, 5.74) is 2.87. The number of hydrogen-bond acceptors (Lipinski definition) is 3. The molecule has 0 bridgehead atoms. The summed E-state index contributed by atoms with van der Waals surface area (Å²) >= 11 is 0. The Morgan fingerprint density at radius 2 is 1.21 bits per heavy atom. The molecule has 0 spiro atoms. The molecule has 0 saturated carbocycles. The lowest BCUT2D eigenvalue weighted by molar-refractivity contribution is 0.236. The summed E-state index contributed by atoms with van der Waals surface area (Å²) in [6, 6.07) is 25.5. The zero-order chi connectivity index (χ0) is 16.6. The highest BCUT2D eigenvalue weighted by molar-refractivity contribution is 5.46. The van der Waals surface area contributed by atoms with Crippen LogP contribution in [0.25, 0.3) is 0 Å². The summed E-state index contributed by atoms with van der Waals surface area (Å²) in [5, 5.41) is 9.59. The van der Waals surface area contributed by atoms with E-state index in [0.717, 1.165) is 16.7 Å². The Bertz CT molecular complexity index is 755.